The van der Waals surface area contributed by atoms with Gasteiger partial charge < -0.3 is 10.1 Å². The van der Waals surface area contributed by atoms with Crippen LogP contribution in [0.5, 0.6) is 5.75 Å². The summed E-state index contributed by atoms with van der Waals surface area (Å²) in [6.45, 7) is 9.55. The van der Waals surface area contributed by atoms with Crippen LogP contribution < -0.4 is 10.1 Å². The molecule has 0 aliphatic carbocycles. The van der Waals surface area contributed by atoms with Crippen molar-refractivity contribution < 1.29 is 4.74 Å². The topological polar surface area (TPSA) is 34.2 Å². The molecule has 1 N–H and O–H groups in total. The molecule has 1 aromatic heterocycles. The lowest BCUT2D eigenvalue weighted by atomic mass is 10.0. The molecule has 0 saturated carbocycles. The fraction of sp³-hybridized carbons (Fsp3) is 0.688. The minimum atomic E-state index is 0.190. The number of nitrogens with zero attached hydrogens (tertiary/aromatic N) is 1. The minimum absolute atomic E-state index is 0.190. The van der Waals surface area contributed by atoms with E-state index in [1.54, 1.807) is 6.20 Å². The Labute approximate surface area is 117 Å². The Bertz CT molecular complexity index is 344. The van der Waals surface area contributed by atoms with Crippen molar-refractivity contribution in [1.82, 2.24) is 10.3 Å². The van der Waals surface area contributed by atoms with Crippen LogP contribution in [0.25, 0.3) is 0 Å². The monoisotopic (exact) mass is 264 g/mol. The van der Waals surface area contributed by atoms with Crippen molar-refractivity contribution in [3.63, 3.8) is 0 Å². The molecule has 19 heavy (non-hydrogen) atoms. The molecule has 0 aliphatic rings. The first-order valence-electron chi connectivity index (χ1n) is 7.52. The third kappa shape index (κ3) is 6.06. The summed E-state index contributed by atoms with van der Waals surface area (Å²) in [7, 11) is 0. The van der Waals surface area contributed by atoms with Crippen LogP contribution >= 0.6 is 0 Å². The second-order valence-electron chi connectivity index (χ2n) is 5.27. The van der Waals surface area contributed by atoms with Gasteiger partial charge in [-0.05, 0) is 44.9 Å². The van der Waals surface area contributed by atoms with Crippen LogP contribution in [0.4, 0.5) is 0 Å². The molecule has 0 aromatic carbocycles. The number of hydrogen-bond acceptors (Lipinski definition) is 3. The van der Waals surface area contributed by atoms with Crippen molar-refractivity contribution >= 4 is 0 Å². The van der Waals surface area contributed by atoms with E-state index in [9.17, 15) is 0 Å². The van der Waals surface area contributed by atoms with E-state index < -0.39 is 0 Å². The van der Waals surface area contributed by atoms with Gasteiger partial charge in [0.25, 0.3) is 0 Å². The first-order chi connectivity index (χ1) is 9.17. The summed E-state index contributed by atoms with van der Waals surface area (Å²) in [6, 6.07) is 2.51. The van der Waals surface area contributed by atoms with Gasteiger partial charge in [-0.2, -0.15) is 0 Å². The van der Waals surface area contributed by atoms with E-state index >= 15 is 0 Å². The van der Waals surface area contributed by atoms with Gasteiger partial charge in [-0.1, -0.05) is 26.7 Å². The van der Waals surface area contributed by atoms with E-state index in [-0.39, 0.29) is 6.10 Å². The molecule has 3 nitrogen and oxygen atoms in total. The molecule has 1 rings (SSSR count). The van der Waals surface area contributed by atoms with Crippen molar-refractivity contribution in [3.05, 3.63) is 24.0 Å². The molecule has 1 atom stereocenters. The van der Waals surface area contributed by atoms with Crippen molar-refractivity contribution in [2.45, 2.75) is 65.5 Å². The molecule has 0 aliphatic heterocycles. The minimum Gasteiger partial charge on any atom is -0.489 e. The smallest absolute Gasteiger partial charge is 0.138 e. The van der Waals surface area contributed by atoms with Crippen molar-refractivity contribution in [2.75, 3.05) is 6.54 Å². The maximum atomic E-state index is 5.72. The summed E-state index contributed by atoms with van der Waals surface area (Å²) in [4.78, 5) is 4.31. The van der Waals surface area contributed by atoms with Crippen LogP contribution in [0.15, 0.2) is 18.5 Å². The van der Waals surface area contributed by atoms with Gasteiger partial charge in [-0.15, -0.1) is 0 Å². The number of aromatic nitrogens is 1. The van der Waals surface area contributed by atoms with Gasteiger partial charge in [0.15, 0.2) is 0 Å². The Morgan fingerprint density at radius 3 is 2.63 bits per heavy atom. The average molecular weight is 264 g/mol. The van der Waals surface area contributed by atoms with E-state index in [1.807, 2.05) is 20.0 Å². The van der Waals surface area contributed by atoms with Gasteiger partial charge in [0.1, 0.15) is 5.75 Å². The summed E-state index contributed by atoms with van der Waals surface area (Å²) in [6.07, 6.45) is 8.70. The molecule has 0 amide bonds. The Balaban J connectivity index is 2.75. The SMILES string of the molecule is CCCCC(NCCC)c1cncc(OC(C)C)c1. The van der Waals surface area contributed by atoms with Crippen LogP contribution in [-0.2, 0) is 0 Å². The van der Waals surface area contributed by atoms with Gasteiger partial charge >= 0.3 is 0 Å². The number of nitrogens with one attached hydrogen (secondary N) is 1. The molecule has 0 radical (unpaired) electrons. The summed E-state index contributed by atoms with van der Waals surface area (Å²) < 4.78 is 5.72. The molecule has 1 unspecified atom stereocenters. The van der Waals surface area contributed by atoms with Crippen molar-refractivity contribution in [1.29, 1.82) is 0 Å². The van der Waals surface area contributed by atoms with Crippen LogP contribution in [0.3, 0.4) is 0 Å². The van der Waals surface area contributed by atoms with Gasteiger partial charge in [0.05, 0.1) is 12.3 Å². The third-order valence-corrected chi connectivity index (χ3v) is 3.00. The predicted molar refractivity (Wildman–Crippen MR) is 80.6 cm³/mol. The quantitative estimate of drug-likeness (QED) is 0.729. The highest BCUT2D eigenvalue weighted by atomic mass is 16.5. The van der Waals surface area contributed by atoms with E-state index in [2.05, 4.69) is 30.2 Å². The van der Waals surface area contributed by atoms with E-state index in [4.69, 9.17) is 4.74 Å². The molecular weight excluding hydrogens is 236 g/mol. The Kier molecular flexibility index (Phi) is 7.49. The third-order valence-electron chi connectivity index (χ3n) is 3.00. The summed E-state index contributed by atoms with van der Waals surface area (Å²) in [5, 5.41) is 3.61. The zero-order chi connectivity index (χ0) is 14.1. The fourth-order valence-corrected chi connectivity index (χ4v) is 2.08. The molecular formula is C16H28N2O. The standard InChI is InChI=1S/C16H28N2O/c1-5-7-8-16(18-9-6-2)14-10-15(12-17-11-14)19-13(3)4/h10-13,16,18H,5-9H2,1-4H3. The van der Waals surface area contributed by atoms with Crippen LogP contribution in [-0.4, -0.2) is 17.6 Å². The maximum absolute atomic E-state index is 5.72. The van der Waals surface area contributed by atoms with Crippen LogP contribution in [0, 0.1) is 0 Å². The van der Waals surface area contributed by atoms with Gasteiger partial charge in [0.2, 0.25) is 0 Å². The summed E-state index contributed by atoms with van der Waals surface area (Å²) >= 11 is 0. The lowest BCUT2D eigenvalue weighted by molar-refractivity contribution is 0.241. The summed E-state index contributed by atoms with van der Waals surface area (Å²) in [5.74, 6) is 0.868. The number of hydrogen-bond donors (Lipinski definition) is 1. The Hall–Kier alpha value is -1.09. The highest BCUT2D eigenvalue weighted by Crippen LogP contribution is 2.23. The second kappa shape index (κ2) is 8.92. The molecule has 108 valence electrons. The number of unbranched alkanes of at least 4 members (excludes halogenated alkanes) is 1. The molecule has 0 saturated heterocycles. The molecule has 3 heteroatoms. The van der Waals surface area contributed by atoms with Gasteiger partial charge in [-0.3, -0.25) is 4.98 Å². The van der Waals surface area contributed by atoms with Crippen molar-refractivity contribution in [3.8, 4) is 5.75 Å². The van der Waals surface area contributed by atoms with Crippen molar-refractivity contribution in [2.24, 2.45) is 0 Å². The fourth-order valence-electron chi connectivity index (χ4n) is 2.08. The van der Waals surface area contributed by atoms with E-state index in [0.29, 0.717) is 6.04 Å². The van der Waals surface area contributed by atoms with E-state index in [0.717, 1.165) is 25.1 Å². The Morgan fingerprint density at radius 2 is 2.00 bits per heavy atom. The lowest BCUT2D eigenvalue weighted by Gasteiger charge is -2.19. The zero-order valence-corrected chi connectivity index (χ0v) is 12.8. The lowest BCUT2D eigenvalue weighted by Crippen LogP contribution is -2.22. The molecule has 0 bridgehead atoms. The number of ether oxygens (including phenoxy) is 1. The molecule has 0 spiro atoms. The molecule has 1 heterocycles. The van der Waals surface area contributed by atoms with E-state index in [1.165, 1.54) is 18.4 Å². The maximum Gasteiger partial charge on any atom is 0.138 e. The van der Waals surface area contributed by atoms with Crippen LogP contribution in [0.2, 0.25) is 0 Å². The number of rotatable bonds is 9. The number of pyridine rings is 1. The van der Waals surface area contributed by atoms with Gasteiger partial charge in [-0.25, -0.2) is 0 Å². The zero-order valence-electron chi connectivity index (χ0n) is 12.8. The normalized spacial score (nSPS) is 12.7. The predicted octanol–water partition coefficient (Wildman–Crippen LogP) is 4.10. The first-order valence-corrected chi connectivity index (χ1v) is 7.52. The second-order valence-corrected chi connectivity index (χ2v) is 5.27. The summed E-state index contributed by atoms with van der Waals surface area (Å²) in [5.41, 5.74) is 1.24. The molecule has 1 aromatic rings. The highest BCUT2D eigenvalue weighted by molar-refractivity contribution is 5.26. The molecule has 0 fully saturated rings. The average Bonchev–Trinajstić information content (AvgIpc) is 2.38. The highest BCUT2D eigenvalue weighted by Gasteiger charge is 2.11. The first kappa shape index (κ1) is 16.0. The largest absolute Gasteiger partial charge is 0.489 e. The Morgan fingerprint density at radius 1 is 1.21 bits per heavy atom. The van der Waals surface area contributed by atoms with Crippen LogP contribution in [0.1, 0.15) is 65.0 Å². The van der Waals surface area contributed by atoms with Gasteiger partial charge in [0, 0.05) is 12.2 Å².